The summed E-state index contributed by atoms with van der Waals surface area (Å²) in [5.74, 6) is 1.76. The van der Waals surface area contributed by atoms with Crippen molar-refractivity contribution < 1.29 is 4.74 Å². The van der Waals surface area contributed by atoms with Gasteiger partial charge in [0.25, 0.3) is 0 Å². The van der Waals surface area contributed by atoms with Crippen molar-refractivity contribution in [1.29, 1.82) is 0 Å². The van der Waals surface area contributed by atoms with Gasteiger partial charge in [-0.3, -0.25) is 4.90 Å². The van der Waals surface area contributed by atoms with E-state index in [1.807, 2.05) is 7.05 Å². The smallest absolute Gasteiger partial charge is 0.119 e. The molecule has 112 valence electrons. The molecule has 0 bridgehead atoms. The van der Waals surface area contributed by atoms with Gasteiger partial charge in [0.05, 0.1) is 6.10 Å². The Morgan fingerprint density at radius 3 is 2.55 bits per heavy atom. The molecule has 1 heterocycles. The molecule has 3 heteroatoms. The van der Waals surface area contributed by atoms with Crippen LogP contribution in [0, 0.1) is 5.92 Å². The molecule has 20 heavy (non-hydrogen) atoms. The fraction of sp³-hybridized carbons (Fsp3) is 0.647. The van der Waals surface area contributed by atoms with Crippen LogP contribution in [0.25, 0.3) is 0 Å². The lowest BCUT2D eigenvalue weighted by molar-refractivity contribution is 0.240. The minimum atomic E-state index is 0.235. The van der Waals surface area contributed by atoms with Crippen LogP contribution in [-0.4, -0.2) is 37.7 Å². The van der Waals surface area contributed by atoms with E-state index in [0.29, 0.717) is 6.04 Å². The highest BCUT2D eigenvalue weighted by molar-refractivity contribution is 5.29. The summed E-state index contributed by atoms with van der Waals surface area (Å²) < 4.78 is 5.70. The molecule has 1 saturated heterocycles. The first-order valence-corrected chi connectivity index (χ1v) is 7.75. The summed E-state index contributed by atoms with van der Waals surface area (Å²) in [6, 6.07) is 9.08. The average molecular weight is 276 g/mol. The Morgan fingerprint density at radius 2 is 1.95 bits per heavy atom. The summed E-state index contributed by atoms with van der Waals surface area (Å²) in [4.78, 5) is 2.58. The number of hydrogen-bond acceptors (Lipinski definition) is 3. The molecular weight excluding hydrogens is 248 g/mol. The van der Waals surface area contributed by atoms with Gasteiger partial charge in [-0.1, -0.05) is 12.1 Å². The van der Waals surface area contributed by atoms with Gasteiger partial charge in [0.2, 0.25) is 0 Å². The fourth-order valence-corrected chi connectivity index (χ4v) is 2.98. The van der Waals surface area contributed by atoms with E-state index < -0.39 is 0 Å². The number of benzene rings is 1. The SMILES string of the molecule is CNCC1CCN(C(C)c2ccc(OC(C)C)cc2)C1. The first kappa shape index (κ1) is 15.3. The first-order valence-electron chi connectivity index (χ1n) is 7.75. The summed E-state index contributed by atoms with van der Waals surface area (Å²) in [7, 11) is 2.04. The van der Waals surface area contributed by atoms with Gasteiger partial charge in [-0.15, -0.1) is 0 Å². The fourth-order valence-electron chi connectivity index (χ4n) is 2.98. The first-order chi connectivity index (χ1) is 9.60. The molecule has 1 aliphatic heterocycles. The maximum absolute atomic E-state index is 5.70. The number of hydrogen-bond donors (Lipinski definition) is 1. The highest BCUT2D eigenvalue weighted by atomic mass is 16.5. The second-order valence-corrected chi connectivity index (χ2v) is 6.12. The summed E-state index contributed by atoms with van der Waals surface area (Å²) in [6.45, 7) is 9.96. The van der Waals surface area contributed by atoms with Crippen molar-refractivity contribution in [2.45, 2.75) is 39.3 Å². The van der Waals surface area contributed by atoms with E-state index in [4.69, 9.17) is 4.74 Å². The molecule has 2 unspecified atom stereocenters. The number of nitrogens with zero attached hydrogens (tertiary/aromatic N) is 1. The lowest BCUT2D eigenvalue weighted by atomic mass is 10.1. The van der Waals surface area contributed by atoms with Gasteiger partial charge in [0, 0.05) is 12.6 Å². The Morgan fingerprint density at radius 1 is 1.25 bits per heavy atom. The Kier molecular flexibility index (Phi) is 5.44. The maximum Gasteiger partial charge on any atom is 0.119 e. The van der Waals surface area contributed by atoms with Crippen LogP contribution in [0.2, 0.25) is 0 Å². The van der Waals surface area contributed by atoms with Crippen LogP contribution in [0.1, 0.15) is 38.8 Å². The van der Waals surface area contributed by atoms with E-state index in [1.54, 1.807) is 0 Å². The van der Waals surface area contributed by atoms with Crippen molar-refractivity contribution >= 4 is 0 Å². The summed E-state index contributed by atoms with van der Waals surface area (Å²) in [5, 5.41) is 3.29. The van der Waals surface area contributed by atoms with E-state index in [1.165, 1.54) is 25.1 Å². The van der Waals surface area contributed by atoms with Crippen molar-refractivity contribution in [2.75, 3.05) is 26.7 Å². The minimum Gasteiger partial charge on any atom is -0.491 e. The predicted molar refractivity (Wildman–Crippen MR) is 84.2 cm³/mol. The molecule has 1 aromatic carbocycles. The van der Waals surface area contributed by atoms with E-state index in [2.05, 4.69) is 55.3 Å². The van der Waals surface area contributed by atoms with Crippen LogP contribution >= 0.6 is 0 Å². The molecule has 1 N–H and O–H groups in total. The Labute approximate surface area is 123 Å². The van der Waals surface area contributed by atoms with Crippen LogP contribution < -0.4 is 10.1 Å². The van der Waals surface area contributed by atoms with Gasteiger partial charge in [0.1, 0.15) is 5.75 Å². The quantitative estimate of drug-likeness (QED) is 0.864. The van der Waals surface area contributed by atoms with Gasteiger partial charge < -0.3 is 10.1 Å². The zero-order chi connectivity index (χ0) is 14.5. The zero-order valence-electron chi connectivity index (χ0n) is 13.2. The highest BCUT2D eigenvalue weighted by Gasteiger charge is 2.26. The highest BCUT2D eigenvalue weighted by Crippen LogP contribution is 2.28. The molecule has 2 atom stereocenters. The van der Waals surface area contributed by atoms with Crippen LogP contribution in [0.15, 0.2) is 24.3 Å². The van der Waals surface area contributed by atoms with E-state index in [-0.39, 0.29) is 6.10 Å². The predicted octanol–water partition coefficient (Wildman–Crippen LogP) is 3.08. The molecule has 0 aliphatic carbocycles. The van der Waals surface area contributed by atoms with Gasteiger partial charge in [-0.2, -0.15) is 0 Å². The topological polar surface area (TPSA) is 24.5 Å². The number of likely N-dealkylation sites (tertiary alicyclic amines) is 1. The third kappa shape index (κ3) is 3.97. The van der Waals surface area contributed by atoms with Gasteiger partial charge in [-0.05, 0) is 70.9 Å². The molecular formula is C17H28N2O. The third-order valence-corrected chi connectivity index (χ3v) is 4.09. The normalized spacial score (nSPS) is 21.4. The van der Waals surface area contributed by atoms with Crippen LogP contribution in [0.5, 0.6) is 5.75 Å². The van der Waals surface area contributed by atoms with E-state index in [0.717, 1.165) is 18.2 Å². The van der Waals surface area contributed by atoms with Crippen LogP contribution in [0.4, 0.5) is 0 Å². The minimum absolute atomic E-state index is 0.235. The molecule has 0 radical (unpaired) electrons. The van der Waals surface area contributed by atoms with Crippen molar-refractivity contribution in [2.24, 2.45) is 5.92 Å². The standard InChI is InChI=1S/C17H28N2O/c1-13(2)20-17-7-5-16(6-8-17)14(3)19-10-9-15(12-19)11-18-4/h5-8,13-15,18H,9-12H2,1-4H3. The molecule has 1 fully saturated rings. The summed E-state index contributed by atoms with van der Waals surface area (Å²) in [6.07, 6.45) is 1.54. The number of rotatable bonds is 6. The molecule has 1 aliphatic rings. The largest absolute Gasteiger partial charge is 0.491 e. The van der Waals surface area contributed by atoms with Gasteiger partial charge >= 0.3 is 0 Å². The zero-order valence-corrected chi connectivity index (χ0v) is 13.2. The van der Waals surface area contributed by atoms with Gasteiger partial charge in [0.15, 0.2) is 0 Å². The van der Waals surface area contributed by atoms with E-state index >= 15 is 0 Å². The molecule has 0 spiro atoms. The number of ether oxygens (including phenoxy) is 1. The second kappa shape index (κ2) is 7.09. The third-order valence-electron chi connectivity index (χ3n) is 4.09. The molecule has 1 aromatic rings. The number of nitrogens with one attached hydrogen (secondary N) is 1. The van der Waals surface area contributed by atoms with Crippen LogP contribution in [0.3, 0.4) is 0 Å². The molecule has 3 nitrogen and oxygen atoms in total. The van der Waals surface area contributed by atoms with E-state index in [9.17, 15) is 0 Å². The Bertz CT molecular complexity index is 402. The molecule has 2 rings (SSSR count). The second-order valence-electron chi connectivity index (χ2n) is 6.12. The molecule has 0 aromatic heterocycles. The van der Waals surface area contributed by atoms with Crippen molar-refractivity contribution in [3.05, 3.63) is 29.8 Å². The van der Waals surface area contributed by atoms with Crippen molar-refractivity contribution in [3.8, 4) is 5.75 Å². The Balaban J connectivity index is 1.94. The van der Waals surface area contributed by atoms with Crippen molar-refractivity contribution in [3.63, 3.8) is 0 Å². The van der Waals surface area contributed by atoms with Crippen molar-refractivity contribution in [1.82, 2.24) is 10.2 Å². The Hall–Kier alpha value is -1.06. The van der Waals surface area contributed by atoms with Crippen LogP contribution in [-0.2, 0) is 0 Å². The average Bonchev–Trinajstić information content (AvgIpc) is 2.87. The van der Waals surface area contributed by atoms with Gasteiger partial charge in [-0.25, -0.2) is 0 Å². The maximum atomic E-state index is 5.70. The lowest BCUT2D eigenvalue weighted by Crippen LogP contribution is -2.27. The summed E-state index contributed by atoms with van der Waals surface area (Å²) >= 11 is 0. The molecule has 0 amide bonds. The summed E-state index contributed by atoms with van der Waals surface area (Å²) in [5.41, 5.74) is 1.38. The lowest BCUT2D eigenvalue weighted by Gasteiger charge is -2.25. The monoisotopic (exact) mass is 276 g/mol. The molecule has 0 saturated carbocycles.